The molecule has 18 heavy (non-hydrogen) atoms. The molecule has 0 radical (unpaired) electrons. The zero-order valence-electron chi connectivity index (χ0n) is 9.85. The van der Waals surface area contributed by atoms with Crippen LogP contribution in [0.3, 0.4) is 0 Å². The predicted octanol–water partition coefficient (Wildman–Crippen LogP) is 2.48. The molecule has 0 aliphatic heterocycles. The van der Waals surface area contributed by atoms with Gasteiger partial charge in [0.05, 0.1) is 17.8 Å². The van der Waals surface area contributed by atoms with Crippen molar-refractivity contribution in [3.8, 4) is 0 Å². The number of nitrogens with one attached hydrogen (secondary N) is 1. The maximum absolute atomic E-state index is 11.9. The molecule has 1 amide bonds. The highest BCUT2D eigenvalue weighted by Crippen LogP contribution is 2.15. The highest BCUT2D eigenvalue weighted by molar-refractivity contribution is 9.10. The van der Waals surface area contributed by atoms with E-state index in [9.17, 15) is 4.79 Å². The van der Waals surface area contributed by atoms with Gasteiger partial charge in [0, 0.05) is 10.2 Å². The predicted molar refractivity (Wildman–Crippen MR) is 72.1 cm³/mol. The molecule has 5 heteroatoms. The van der Waals surface area contributed by atoms with Gasteiger partial charge in [0.2, 0.25) is 0 Å². The van der Waals surface area contributed by atoms with Crippen molar-refractivity contribution in [1.29, 1.82) is 0 Å². The number of benzene rings is 1. The fourth-order valence-electron chi connectivity index (χ4n) is 1.52. The second-order valence-corrected chi connectivity index (χ2v) is 4.67. The monoisotopic (exact) mass is 305 g/mol. The van der Waals surface area contributed by atoms with Gasteiger partial charge >= 0.3 is 0 Å². The second-order valence-electron chi connectivity index (χ2n) is 3.81. The van der Waals surface area contributed by atoms with Crippen LogP contribution in [-0.4, -0.2) is 15.9 Å². The number of hydrogen-bond donors (Lipinski definition) is 1. The maximum Gasteiger partial charge on any atom is 0.252 e. The summed E-state index contributed by atoms with van der Waals surface area (Å²) in [7, 11) is 0. The fraction of sp³-hybridized carbons (Fsp3) is 0.154. The molecule has 1 aromatic carbocycles. The van der Waals surface area contributed by atoms with E-state index in [2.05, 4.69) is 31.2 Å². The molecule has 0 aliphatic rings. The van der Waals surface area contributed by atoms with E-state index >= 15 is 0 Å². The summed E-state index contributed by atoms with van der Waals surface area (Å²) in [6.45, 7) is 2.28. The number of carbonyl (C=O) groups excluding carboxylic acids is 1. The summed E-state index contributed by atoms with van der Waals surface area (Å²) in [5, 5.41) is 2.82. The van der Waals surface area contributed by atoms with Crippen molar-refractivity contribution in [2.24, 2.45) is 0 Å². The number of aryl methyl sites for hydroxylation is 1. The van der Waals surface area contributed by atoms with Gasteiger partial charge in [-0.1, -0.05) is 12.1 Å². The Morgan fingerprint density at radius 1 is 1.33 bits per heavy atom. The lowest BCUT2D eigenvalue weighted by molar-refractivity contribution is 0.0949. The molecule has 0 unspecified atom stereocenters. The Bertz CT molecular complexity index is 572. The standard InChI is InChI=1S/C13H12BrN3O/c1-9-6-10(17-8-16-9)7-15-13(18)11-4-2-3-5-12(11)14/h2-6,8H,7H2,1H3,(H,15,18). The third-order valence-electron chi connectivity index (χ3n) is 2.41. The number of carbonyl (C=O) groups is 1. The number of halogens is 1. The van der Waals surface area contributed by atoms with Crippen LogP contribution in [0.5, 0.6) is 0 Å². The van der Waals surface area contributed by atoms with E-state index in [0.29, 0.717) is 12.1 Å². The SMILES string of the molecule is Cc1cc(CNC(=O)c2ccccc2Br)ncn1. The lowest BCUT2D eigenvalue weighted by Gasteiger charge is -2.06. The van der Waals surface area contributed by atoms with Crippen molar-refractivity contribution in [1.82, 2.24) is 15.3 Å². The van der Waals surface area contributed by atoms with E-state index < -0.39 is 0 Å². The molecular weight excluding hydrogens is 294 g/mol. The highest BCUT2D eigenvalue weighted by atomic mass is 79.9. The van der Waals surface area contributed by atoms with Crippen LogP contribution in [0.15, 0.2) is 41.1 Å². The van der Waals surface area contributed by atoms with Gasteiger partial charge in [-0.3, -0.25) is 4.79 Å². The van der Waals surface area contributed by atoms with E-state index in [4.69, 9.17) is 0 Å². The summed E-state index contributed by atoms with van der Waals surface area (Å²) in [6.07, 6.45) is 1.50. The molecule has 0 aliphatic carbocycles. The molecule has 2 rings (SSSR count). The third kappa shape index (κ3) is 3.13. The normalized spacial score (nSPS) is 10.1. The van der Waals surface area contributed by atoms with Crippen molar-refractivity contribution < 1.29 is 4.79 Å². The van der Waals surface area contributed by atoms with Crippen LogP contribution < -0.4 is 5.32 Å². The molecular formula is C13H12BrN3O. The topological polar surface area (TPSA) is 54.9 Å². The molecule has 1 aromatic heterocycles. The molecule has 1 N–H and O–H groups in total. The summed E-state index contributed by atoms with van der Waals surface area (Å²) >= 11 is 3.35. The van der Waals surface area contributed by atoms with Gasteiger partial charge in [0.15, 0.2) is 0 Å². The molecule has 0 fully saturated rings. The van der Waals surface area contributed by atoms with E-state index in [-0.39, 0.29) is 5.91 Å². The number of amides is 1. The Hall–Kier alpha value is -1.75. The van der Waals surface area contributed by atoms with Crippen molar-refractivity contribution in [3.63, 3.8) is 0 Å². The summed E-state index contributed by atoms with van der Waals surface area (Å²) in [4.78, 5) is 20.0. The molecule has 0 bridgehead atoms. The Kier molecular flexibility index (Phi) is 4.04. The largest absolute Gasteiger partial charge is 0.346 e. The van der Waals surface area contributed by atoms with Crippen LogP contribution in [0.2, 0.25) is 0 Å². The van der Waals surface area contributed by atoms with Gasteiger partial charge in [-0.05, 0) is 41.1 Å². The Labute approximate surface area is 114 Å². The van der Waals surface area contributed by atoms with Gasteiger partial charge in [-0.25, -0.2) is 9.97 Å². The average Bonchev–Trinajstić information content (AvgIpc) is 2.37. The van der Waals surface area contributed by atoms with Gasteiger partial charge in [0.25, 0.3) is 5.91 Å². The quantitative estimate of drug-likeness (QED) is 0.948. The van der Waals surface area contributed by atoms with E-state index in [1.807, 2.05) is 31.2 Å². The summed E-state index contributed by atoms with van der Waals surface area (Å²) in [5.74, 6) is -0.126. The number of aromatic nitrogens is 2. The summed E-state index contributed by atoms with van der Waals surface area (Å²) < 4.78 is 0.779. The molecule has 4 nitrogen and oxygen atoms in total. The molecule has 0 spiro atoms. The van der Waals surface area contributed by atoms with Crippen LogP contribution in [0.4, 0.5) is 0 Å². The fourth-order valence-corrected chi connectivity index (χ4v) is 1.98. The highest BCUT2D eigenvalue weighted by Gasteiger charge is 2.08. The average molecular weight is 306 g/mol. The molecule has 0 saturated heterocycles. The van der Waals surface area contributed by atoms with E-state index in [0.717, 1.165) is 15.9 Å². The van der Waals surface area contributed by atoms with Gasteiger partial charge in [-0.15, -0.1) is 0 Å². The zero-order valence-corrected chi connectivity index (χ0v) is 11.4. The van der Waals surface area contributed by atoms with Gasteiger partial charge < -0.3 is 5.32 Å². The lowest BCUT2D eigenvalue weighted by Crippen LogP contribution is -2.23. The van der Waals surface area contributed by atoms with E-state index in [1.165, 1.54) is 6.33 Å². The van der Waals surface area contributed by atoms with Crippen molar-refractivity contribution in [2.75, 3.05) is 0 Å². The summed E-state index contributed by atoms with van der Waals surface area (Å²) in [6, 6.07) is 9.15. The number of nitrogens with zero attached hydrogens (tertiary/aromatic N) is 2. The molecule has 92 valence electrons. The second kappa shape index (κ2) is 5.73. The minimum Gasteiger partial charge on any atom is -0.346 e. The number of rotatable bonds is 3. The van der Waals surface area contributed by atoms with Crippen LogP contribution in [0.1, 0.15) is 21.7 Å². The Morgan fingerprint density at radius 3 is 2.83 bits per heavy atom. The van der Waals surface area contributed by atoms with Crippen LogP contribution in [0, 0.1) is 6.92 Å². The minimum absolute atomic E-state index is 0.126. The van der Waals surface area contributed by atoms with E-state index in [1.54, 1.807) is 6.07 Å². The lowest BCUT2D eigenvalue weighted by atomic mass is 10.2. The Morgan fingerprint density at radius 2 is 2.11 bits per heavy atom. The van der Waals surface area contributed by atoms with Gasteiger partial charge in [-0.2, -0.15) is 0 Å². The minimum atomic E-state index is -0.126. The van der Waals surface area contributed by atoms with Crippen molar-refractivity contribution in [2.45, 2.75) is 13.5 Å². The zero-order chi connectivity index (χ0) is 13.0. The van der Waals surface area contributed by atoms with Crippen molar-refractivity contribution >= 4 is 21.8 Å². The van der Waals surface area contributed by atoms with Crippen LogP contribution in [0.25, 0.3) is 0 Å². The first-order valence-electron chi connectivity index (χ1n) is 5.47. The molecule has 1 heterocycles. The first kappa shape index (κ1) is 12.7. The van der Waals surface area contributed by atoms with Crippen LogP contribution in [-0.2, 0) is 6.54 Å². The third-order valence-corrected chi connectivity index (χ3v) is 3.10. The smallest absolute Gasteiger partial charge is 0.252 e. The number of hydrogen-bond acceptors (Lipinski definition) is 3. The first-order valence-corrected chi connectivity index (χ1v) is 6.26. The molecule has 2 aromatic rings. The first-order chi connectivity index (χ1) is 8.66. The Balaban J connectivity index is 2.03. The molecule has 0 saturated carbocycles. The maximum atomic E-state index is 11.9. The summed E-state index contributed by atoms with van der Waals surface area (Å²) in [5.41, 5.74) is 2.29. The van der Waals surface area contributed by atoms with Crippen LogP contribution >= 0.6 is 15.9 Å². The van der Waals surface area contributed by atoms with Crippen molar-refractivity contribution in [3.05, 3.63) is 58.1 Å². The molecule has 0 atom stereocenters. The van der Waals surface area contributed by atoms with Gasteiger partial charge in [0.1, 0.15) is 6.33 Å².